The summed E-state index contributed by atoms with van der Waals surface area (Å²) in [6.07, 6.45) is 40.1. The third-order valence-electron chi connectivity index (χ3n) is 20.3. The molecule has 0 aromatic heterocycles. The molecule has 6 unspecified atom stereocenters. The SMILES string of the molecule is CC(C)(C1CCC(OC2CCC(NOCC3CCC(CC4CCCCC4)CC3C(=O)O)CC2)CC1)C1CCC(OC2CCC(NC(=O)C3CCC(CC4CCCCC4)CC3C(=O)O)CC2)CC1. The first-order valence-electron chi connectivity index (χ1n) is 28.9. The quantitative estimate of drug-likeness (QED) is 0.0988. The van der Waals surface area contributed by atoms with Gasteiger partial charge < -0.3 is 29.8 Å². The minimum Gasteiger partial charge on any atom is -0.481 e. The number of carbonyl (C=O) groups is 3. The number of amides is 1. The van der Waals surface area contributed by atoms with Gasteiger partial charge in [-0.15, -0.1) is 0 Å². The molecule has 67 heavy (non-hydrogen) atoms. The predicted molar refractivity (Wildman–Crippen MR) is 263 cm³/mol. The van der Waals surface area contributed by atoms with E-state index in [2.05, 4.69) is 24.6 Å². The Labute approximate surface area is 406 Å². The Morgan fingerprint density at radius 1 is 0.463 bits per heavy atom. The molecule has 8 aliphatic rings. The van der Waals surface area contributed by atoms with Crippen molar-refractivity contribution in [3.8, 4) is 0 Å². The van der Waals surface area contributed by atoms with Crippen LogP contribution in [-0.4, -0.2) is 71.2 Å². The second-order valence-electron chi connectivity index (χ2n) is 25.0. The maximum absolute atomic E-state index is 13.5. The number of aliphatic carboxylic acids is 2. The smallest absolute Gasteiger partial charge is 0.307 e. The maximum atomic E-state index is 13.5. The average molecular weight is 937 g/mol. The predicted octanol–water partition coefficient (Wildman–Crippen LogP) is 12.6. The number of rotatable bonds is 18. The zero-order valence-electron chi connectivity index (χ0n) is 42.3. The molecule has 0 heterocycles. The first kappa shape index (κ1) is 51.6. The maximum Gasteiger partial charge on any atom is 0.307 e. The summed E-state index contributed by atoms with van der Waals surface area (Å²) in [7, 11) is 0. The van der Waals surface area contributed by atoms with Crippen LogP contribution in [0.5, 0.6) is 0 Å². The topological polar surface area (TPSA) is 143 Å². The molecule has 0 saturated heterocycles. The largest absolute Gasteiger partial charge is 0.481 e. The van der Waals surface area contributed by atoms with Crippen LogP contribution in [0.2, 0.25) is 0 Å². The Hall–Kier alpha value is -1.75. The lowest BCUT2D eigenvalue weighted by molar-refractivity contribution is -0.150. The van der Waals surface area contributed by atoms with E-state index in [0.29, 0.717) is 61.1 Å². The minimum atomic E-state index is -0.783. The molecule has 8 rings (SSSR count). The van der Waals surface area contributed by atoms with Gasteiger partial charge in [0.2, 0.25) is 5.91 Å². The number of hydrogen-bond donors (Lipinski definition) is 4. The normalized spacial score (nSPS) is 38.8. The molecule has 8 saturated carbocycles. The Morgan fingerprint density at radius 2 is 0.896 bits per heavy atom. The van der Waals surface area contributed by atoms with Gasteiger partial charge in [0.05, 0.1) is 48.8 Å². The van der Waals surface area contributed by atoms with Gasteiger partial charge >= 0.3 is 11.9 Å². The zero-order chi connectivity index (χ0) is 46.8. The van der Waals surface area contributed by atoms with Crippen molar-refractivity contribution in [1.29, 1.82) is 0 Å². The summed E-state index contributed by atoms with van der Waals surface area (Å²) < 4.78 is 13.5. The molecule has 8 aliphatic carbocycles. The van der Waals surface area contributed by atoms with Crippen LogP contribution in [-0.2, 0) is 28.7 Å². The zero-order valence-corrected chi connectivity index (χ0v) is 42.3. The molecule has 8 fully saturated rings. The number of carboxylic acid groups (broad SMARTS) is 2. The van der Waals surface area contributed by atoms with Gasteiger partial charge in [0.25, 0.3) is 0 Å². The van der Waals surface area contributed by atoms with Crippen LogP contribution in [0, 0.1) is 64.6 Å². The van der Waals surface area contributed by atoms with Crippen molar-refractivity contribution in [1.82, 2.24) is 10.8 Å². The number of carboxylic acids is 2. The first-order chi connectivity index (χ1) is 32.5. The van der Waals surface area contributed by atoms with Crippen molar-refractivity contribution in [2.45, 2.75) is 269 Å². The standard InChI is InChI=1S/C57H96N2O8/c1-57(2,43-16-24-47(25-17-43)66-49-28-20-45(21-29-49)58-54(60)51-32-14-41(36-53(51)56(63)64)34-39-11-7-4-8-12-39)44-18-26-48(27-19-44)67-50-30-22-46(23-31-50)59-65-37-42-15-13-40(35-52(42)55(61)62)33-38-9-5-3-6-10-38/h38-53,59H,3-37H2,1-2H3,(H,58,60)(H,61,62)(H,63,64). The van der Waals surface area contributed by atoms with Gasteiger partial charge in [0.15, 0.2) is 0 Å². The molecule has 10 heteroatoms. The van der Waals surface area contributed by atoms with E-state index < -0.39 is 23.8 Å². The molecule has 0 radical (unpaired) electrons. The summed E-state index contributed by atoms with van der Waals surface area (Å²) in [5.41, 5.74) is 3.67. The average Bonchev–Trinajstić information content (AvgIpc) is 3.34. The molecule has 382 valence electrons. The summed E-state index contributed by atoms with van der Waals surface area (Å²) in [6, 6.07) is 0.456. The Morgan fingerprint density at radius 3 is 1.37 bits per heavy atom. The van der Waals surface area contributed by atoms with Crippen LogP contribution in [0.4, 0.5) is 0 Å². The van der Waals surface area contributed by atoms with Crippen LogP contribution in [0.25, 0.3) is 0 Å². The van der Waals surface area contributed by atoms with Crippen molar-refractivity contribution < 1.29 is 38.9 Å². The molecule has 0 bridgehead atoms. The molecule has 0 aromatic carbocycles. The Bertz CT molecular complexity index is 1510. The van der Waals surface area contributed by atoms with Crippen molar-refractivity contribution in [2.75, 3.05) is 6.61 Å². The monoisotopic (exact) mass is 937 g/mol. The molecular formula is C57H96N2O8. The van der Waals surface area contributed by atoms with E-state index in [9.17, 15) is 24.6 Å². The summed E-state index contributed by atoms with van der Waals surface area (Å²) in [5, 5.41) is 23.5. The van der Waals surface area contributed by atoms with E-state index in [1.54, 1.807) is 0 Å². The Balaban J connectivity index is 0.665. The van der Waals surface area contributed by atoms with Crippen molar-refractivity contribution in [3.63, 3.8) is 0 Å². The fraction of sp³-hybridized carbons (Fsp3) is 0.947. The van der Waals surface area contributed by atoms with Gasteiger partial charge in [0.1, 0.15) is 0 Å². The van der Waals surface area contributed by atoms with E-state index >= 15 is 0 Å². The highest BCUT2D eigenvalue weighted by molar-refractivity contribution is 5.85. The second kappa shape index (κ2) is 25.1. The van der Waals surface area contributed by atoms with Crippen LogP contribution in [0.3, 0.4) is 0 Å². The number of hydroxylamine groups is 1. The van der Waals surface area contributed by atoms with E-state index in [0.717, 1.165) is 120 Å². The van der Waals surface area contributed by atoms with Crippen LogP contribution in [0.1, 0.15) is 232 Å². The second-order valence-corrected chi connectivity index (χ2v) is 25.0. The number of nitrogens with one attached hydrogen (secondary N) is 2. The highest BCUT2D eigenvalue weighted by Crippen LogP contribution is 2.50. The van der Waals surface area contributed by atoms with Gasteiger partial charge in [-0.1, -0.05) is 84.5 Å². The van der Waals surface area contributed by atoms with E-state index in [-0.39, 0.29) is 29.9 Å². The lowest BCUT2D eigenvalue weighted by atomic mass is 9.60. The highest BCUT2D eigenvalue weighted by Gasteiger charge is 2.44. The van der Waals surface area contributed by atoms with E-state index in [1.807, 2.05) is 0 Å². The summed E-state index contributed by atoms with van der Waals surface area (Å²) in [4.78, 5) is 44.2. The lowest BCUT2D eigenvalue weighted by Crippen LogP contribution is -2.47. The molecule has 10 nitrogen and oxygen atoms in total. The fourth-order valence-electron chi connectivity index (χ4n) is 15.9. The van der Waals surface area contributed by atoms with E-state index in [4.69, 9.17) is 14.3 Å². The lowest BCUT2D eigenvalue weighted by Gasteiger charge is -2.47. The van der Waals surface area contributed by atoms with Gasteiger partial charge in [0, 0.05) is 12.1 Å². The van der Waals surface area contributed by atoms with Gasteiger partial charge in [-0.2, -0.15) is 5.48 Å². The van der Waals surface area contributed by atoms with Gasteiger partial charge in [-0.25, -0.2) is 0 Å². The third-order valence-corrected chi connectivity index (χ3v) is 20.3. The summed E-state index contributed by atoms with van der Waals surface area (Å²) in [5.74, 6) is 1.53. The molecule has 4 N–H and O–H groups in total. The number of carbonyl (C=O) groups excluding carboxylic acids is 1. The van der Waals surface area contributed by atoms with Gasteiger partial charge in [-0.05, 0) is 195 Å². The van der Waals surface area contributed by atoms with E-state index in [1.165, 1.54) is 109 Å². The fourth-order valence-corrected chi connectivity index (χ4v) is 15.9. The van der Waals surface area contributed by atoms with Crippen molar-refractivity contribution in [2.24, 2.45) is 64.6 Å². The molecular weight excluding hydrogens is 841 g/mol. The molecule has 0 aliphatic heterocycles. The third kappa shape index (κ3) is 14.7. The molecule has 0 spiro atoms. The number of hydrogen-bond acceptors (Lipinski definition) is 7. The highest BCUT2D eigenvalue weighted by atomic mass is 16.6. The molecule has 0 aromatic rings. The molecule has 6 atom stereocenters. The molecule has 1 amide bonds. The van der Waals surface area contributed by atoms with Crippen LogP contribution < -0.4 is 10.8 Å². The minimum absolute atomic E-state index is 0.0188. The number of ether oxygens (including phenoxy) is 2. The van der Waals surface area contributed by atoms with Crippen molar-refractivity contribution >= 4 is 17.8 Å². The summed E-state index contributed by atoms with van der Waals surface area (Å²) in [6.45, 7) is 5.59. The summed E-state index contributed by atoms with van der Waals surface area (Å²) >= 11 is 0. The van der Waals surface area contributed by atoms with Crippen LogP contribution >= 0.6 is 0 Å². The van der Waals surface area contributed by atoms with Crippen LogP contribution in [0.15, 0.2) is 0 Å². The Kier molecular flexibility index (Phi) is 19.3. The van der Waals surface area contributed by atoms with Crippen molar-refractivity contribution in [3.05, 3.63) is 0 Å². The van der Waals surface area contributed by atoms with Gasteiger partial charge in [-0.3, -0.25) is 14.4 Å². The first-order valence-corrected chi connectivity index (χ1v) is 28.9.